The lowest BCUT2D eigenvalue weighted by molar-refractivity contribution is -0.118. The van der Waals surface area contributed by atoms with E-state index in [1.54, 1.807) is 19.2 Å². The fraction of sp³-hybridized carbons (Fsp3) is 0.273. The van der Waals surface area contributed by atoms with Crippen LogP contribution in [0.25, 0.3) is 0 Å². The number of thiazole rings is 1. The molecule has 0 saturated heterocycles. The zero-order valence-corrected chi connectivity index (χ0v) is 18.3. The Kier molecular flexibility index (Phi) is 5.45. The van der Waals surface area contributed by atoms with Gasteiger partial charge in [-0.2, -0.15) is 0 Å². The first-order valence-corrected chi connectivity index (χ1v) is 10.3. The molecule has 162 valence electrons. The molecule has 0 spiro atoms. The molecule has 0 aliphatic carbocycles. The Hall–Kier alpha value is -3.33. The van der Waals surface area contributed by atoms with Gasteiger partial charge in [0.1, 0.15) is 11.6 Å². The molecular weight excluding hydrogens is 423 g/mol. The first-order chi connectivity index (χ1) is 14.9. The van der Waals surface area contributed by atoms with Gasteiger partial charge in [-0.25, -0.2) is 4.39 Å². The van der Waals surface area contributed by atoms with Crippen molar-refractivity contribution in [3.63, 3.8) is 0 Å². The van der Waals surface area contributed by atoms with E-state index in [4.69, 9.17) is 14.2 Å². The molecule has 9 heteroatoms. The summed E-state index contributed by atoms with van der Waals surface area (Å²) in [7, 11) is 6.19. The number of ether oxygens (including phenoxy) is 3. The van der Waals surface area contributed by atoms with Crippen molar-refractivity contribution >= 4 is 28.7 Å². The van der Waals surface area contributed by atoms with Gasteiger partial charge in [-0.05, 0) is 42.0 Å². The van der Waals surface area contributed by atoms with Crippen LogP contribution >= 0.6 is 11.3 Å². The summed E-state index contributed by atoms with van der Waals surface area (Å²) in [5.74, 6) is 0.896. The number of rotatable bonds is 5. The van der Waals surface area contributed by atoms with Crippen molar-refractivity contribution in [3.05, 3.63) is 62.3 Å². The van der Waals surface area contributed by atoms with Crippen molar-refractivity contribution in [2.45, 2.75) is 12.3 Å². The zero-order chi connectivity index (χ0) is 22.3. The lowest BCUT2D eigenvalue weighted by atomic mass is 9.90. The van der Waals surface area contributed by atoms with Crippen LogP contribution in [-0.4, -0.2) is 31.8 Å². The summed E-state index contributed by atoms with van der Waals surface area (Å²) in [4.78, 5) is 27.9. The second-order valence-corrected chi connectivity index (χ2v) is 8.03. The van der Waals surface area contributed by atoms with Crippen LogP contribution in [0.3, 0.4) is 0 Å². The first-order valence-electron chi connectivity index (χ1n) is 9.47. The van der Waals surface area contributed by atoms with E-state index in [0.29, 0.717) is 28.8 Å². The fourth-order valence-corrected chi connectivity index (χ4v) is 4.94. The van der Waals surface area contributed by atoms with Gasteiger partial charge in [0.2, 0.25) is 11.7 Å². The number of hydrogen-bond donors (Lipinski definition) is 0. The molecule has 1 aromatic heterocycles. The minimum absolute atomic E-state index is 0.128. The molecule has 1 aliphatic heterocycles. The number of amides is 1. The van der Waals surface area contributed by atoms with Gasteiger partial charge < -0.3 is 14.2 Å². The maximum atomic E-state index is 13.4. The Morgan fingerprint density at radius 1 is 1.00 bits per heavy atom. The predicted octanol–water partition coefficient (Wildman–Crippen LogP) is 3.81. The molecule has 0 N–H and O–H groups in total. The summed E-state index contributed by atoms with van der Waals surface area (Å²) in [5, 5.41) is 0. The molecule has 4 rings (SSSR count). The molecule has 31 heavy (non-hydrogen) atoms. The summed E-state index contributed by atoms with van der Waals surface area (Å²) in [6, 6.07) is 9.22. The van der Waals surface area contributed by atoms with Crippen molar-refractivity contribution in [1.29, 1.82) is 0 Å². The Morgan fingerprint density at radius 2 is 1.61 bits per heavy atom. The highest BCUT2D eigenvalue weighted by Gasteiger charge is 2.38. The monoisotopic (exact) mass is 444 g/mol. The summed E-state index contributed by atoms with van der Waals surface area (Å²) >= 11 is 1.09. The summed E-state index contributed by atoms with van der Waals surface area (Å²) in [5.41, 5.74) is 1.27. The molecule has 0 bridgehead atoms. The molecule has 1 amide bonds. The highest BCUT2D eigenvalue weighted by Crippen LogP contribution is 2.48. The Balaban J connectivity index is 1.89. The maximum absolute atomic E-state index is 13.4. The van der Waals surface area contributed by atoms with E-state index in [1.165, 1.54) is 55.1 Å². The highest BCUT2D eigenvalue weighted by atomic mass is 32.1. The van der Waals surface area contributed by atoms with E-state index in [0.717, 1.165) is 21.8 Å². The van der Waals surface area contributed by atoms with Gasteiger partial charge in [-0.3, -0.25) is 19.1 Å². The molecule has 7 nitrogen and oxygen atoms in total. The van der Waals surface area contributed by atoms with Crippen LogP contribution in [0, 0.1) is 5.82 Å². The van der Waals surface area contributed by atoms with Gasteiger partial charge in [-0.1, -0.05) is 11.3 Å². The molecule has 1 aliphatic rings. The molecule has 0 radical (unpaired) electrons. The Labute approximate surface area is 182 Å². The predicted molar refractivity (Wildman–Crippen MR) is 116 cm³/mol. The number of anilines is 2. The smallest absolute Gasteiger partial charge is 0.308 e. The van der Waals surface area contributed by atoms with Gasteiger partial charge in [0.05, 0.1) is 31.9 Å². The lowest BCUT2D eigenvalue weighted by Crippen LogP contribution is -2.34. The van der Waals surface area contributed by atoms with Crippen LogP contribution in [0.1, 0.15) is 22.8 Å². The molecule has 0 saturated carbocycles. The summed E-state index contributed by atoms with van der Waals surface area (Å²) in [6.07, 6.45) is 0.128. The van der Waals surface area contributed by atoms with Crippen molar-refractivity contribution in [1.82, 2.24) is 4.57 Å². The second-order valence-electron chi connectivity index (χ2n) is 7.04. The van der Waals surface area contributed by atoms with Crippen molar-refractivity contribution in [3.8, 4) is 17.2 Å². The normalized spacial score (nSPS) is 15.6. The minimum Gasteiger partial charge on any atom is -0.493 e. The number of carbonyl (C=O) groups excluding carboxylic acids is 1. The number of halogens is 1. The van der Waals surface area contributed by atoms with E-state index in [2.05, 4.69) is 0 Å². The van der Waals surface area contributed by atoms with E-state index in [1.807, 2.05) is 0 Å². The van der Waals surface area contributed by atoms with Crippen LogP contribution in [0.5, 0.6) is 17.2 Å². The summed E-state index contributed by atoms with van der Waals surface area (Å²) < 4.78 is 31.2. The summed E-state index contributed by atoms with van der Waals surface area (Å²) in [6.45, 7) is 0. The van der Waals surface area contributed by atoms with Crippen LogP contribution in [0.2, 0.25) is 0 Å². The molecule has 2 heterocycles. The number of fused-ring (bicyclic) bond motifs is 1. The third-order valence-electron chi connectivity index (χ3n) is 5.34. The molecule has 0 fully saturated rings. The number of methoxy groups -OCH3 is 3. The average molecular weight is 444 g/mol. The average Bonchev–Trinajstić information content (AvgIpc) is 3.07. The van der Waals surface area contributed by atoms with Crippen molar-refractivity contribution < 1.29 is 23.4 Å². The Bertz CT molecular complexity index is 1180. The largest absolute Gasteiger partial charge is 0.493 e. The topological polar surface area (TPSA) is 70.0 Å². The zero-order valence-electron chi connectivity index (χ0n) is 17.5. The number of hydrogen-bond acceptors (Lipinski definition) is 6. The molecule has 3 aromatic rings. The molecular formula is C22H21FN2O5S. The van der Waals surface area contributed by atoms with E-state index in [-0.39, 0.29) is 23.1 Å². The van der Waals surface area contributed by atoms with Gasteiger partial charge in [0.25, 0.3) is 0 Å². The highest BCUT2D eigenvalue weighted by molar-refractivity contribution is 7.10. The third-order valence-corrected chi connectivity index (χ3v) is 6.48. The third kappa shape index (κ3) is 3.44. The van der Waals surface area contributed by atoms with E-state index in [9.17, 15) is 14.0 Å². The quantitative estimate of drug-likeness (QED) is 0.599. The standard InChI is InChI=1S/C22H21FN2O5S/c1-24-21-20(31-22(24)27)15(11-18(26)25(21)14-7-5-13(23)6-8-14)12-9-16(28-2)19(30-4)17(10-12)29-3/h5-10,15H,11H2,1-4H3. The van der Waals surface area contributed by atoms with Crippen LogP contribution in [0.4, 0.5) is 15.9 Å². The van der Waals surface area contributed by atoms with E-state index >= 15 is 0 Å². The number of aromatic nitrogens is 1. The molecule has 1 atom stereocenters. The van der Waals surface area contributed by atoms with Crippen LogP contribution in [-0.2, 0) is 11.8 Å². The number of nitrogens with zero attached hydrogens (tertiary/aromatic N) is 2. The van der Waals surface area contributed by atoms with Crippen LogP contribution < -0.4 is 24.0 Å². The fourth-order valence-electron chi connectivity index (χ4n) is 3.85. The SMILES string of the molecule is COc1cc(C2CC(=O)N(c3ccc(F)cc3)c3c2sc(=O)n3C)cc(OC)c1OC. The van der Waals surface area contributed by atoms with Crippen molar-refractivity contribution in [2.24, 2.45) is 7.05 Å². The van der Waals surface area contributed by atoms with E-state index < -0.39 is 5.82 Å². The molecule has 2 aromatic carbocycles. The minimum atomic E-state index is -0.400. The van der Waals surface area contributed by atoms with Gasteiger partial charge in [-0.15, -0.1) is 0 Å². The van der Waals surface area contributed by atoms with Crippen molar-refractivity contribution in [2.75, 3.05) is 26.2 Å². The van der Waals surface area contributed by atoms with Gasteiger partial charge >= 0.3 is 4.87 Å². The first kappa shape index (κ1) is 20.9. The molecule has 1 unspecified atom stereocenters. The number of carbonyl (C=O) groups is 1. The maximum Gasteiger partial charge on any atom is 0.308 e. The Morgan fingerprint density at radius 3 is 2.16 bits per heavy atom. The number of benzene rings is 2. The lowest BCUT2D eigenvalue weighted by Gasteiger charge is -2.32. The van der Waals surface area contributed by atoms with Gasteiger partial charge in [0, 0.05) is 19.4 Å². The second kappa shape index (κ2) is 8.07. The van der Waals surface area contributed by atoms with Gasteiger partial charge in [0.15, 0.2) is 11.5 Å². The van der Waals surface area contributed by atoms with Crippen LogP contribution in [0.15, 0.2) is 41.2 Å².